The van der Waals surface area contributed by atoms with Crippen molar-refractivity contribution in [3.8, 4) is 11.6 Å². The molecule has 3 aromatic heterocycles. The highest BCUT2D eigenvalue weighted by Gasteiger charge is 2.27. The molecule has 4 heterocycles. The average Bonchev–Trinajstić information content (AvgIpc) is 2.65. The van der Waals surface area contributed by atoms with Gasteiger partial charge in [-0.2, -0.15) is 0 Å². The molecule has 0 fully saturated rings. The molecule has 25 heavy (non-hydrogen) atoms. The van der Waals surface area contributed by atoms with E-state index in [0.717, 1.165) is 35.7 Å². The molecule has 0 saturated carbocycles. The molecule has 0 amide bonds. The summed E-state index contributed by atoms with van der Waals surface area (Å²) in [5.74, 6) is 2.16. The predicted octanol–water partition coefficient (Wildman–Crippen LogP) is 3.07. The van der Waals surface area contributed by atoms with Crippen LogP contribution in [0.4, 0.5) is 5.82 Å². The van der Waals surface area contributed by atoms with Crippen LogP contribution in [0.5, 0.6) is 0 Å². The Kier molecular flexibility index (Phi) is 3.87. The smallest absolute Gasteiger partial charge is 0.197 e. The summed E-state index contributed by atoms with van der Waals surface area (Å²) >= 11 is 0. The third-order valence-electron chi connectivity index (χ3n) is 4.80. The molecule has 1 aliphatic heterocycles. The van der Waals surface area contributed by atoms with Crippen LogP contribution in [0.1, 0.15) is 35.5 Å². The van der Waals surface area contributed by atoms with E-state index in [1.54, 1.807) is 18.5 Å². The molecule has 6 nitrogen and oxygen atoms in total. The molecular formula is C19H20N6. The Morgan fingerprint density at radius 1 is 1.00 bits per heavy atom. The summed E-state index contributed by atoms with van der Waals surface area (Å²) < 4.78 is 0. The van der Waals surface area contributed by atoms with E-state index in [1.807, 2.05) is 6.20 Å². The number of hydrogen-bond acceptors (Lipinski definition) is 6. The molecule has 6 heteroatoms. The second kappa shape index (κ2) is 6.20. The Balaban J connectivity index is 1.67. The van der Waals surface area contributed by atoms with Gasteiger partial charge in [0.2, 0.25) is 0 Å². The van der Waals surface area contributed by atoms with E-state index in [9.17, 15) is 0 Å². The second-order valence-corrected chi connectivity index (χ2v) is 6.36. The summed E-state index contributed by atoms with van der Waals surface area (Å²) in [6.07, 6.45) is 6.18. The van der Waals surface area contributed by atoms with Crippen molar-refractivity contribution in [3.05, 3.63) is 59.3 Å². The van der Waals surface area contributed by atoms with Crippen molar-refractivity contribution in [2.45, 2.75) is 33.2 Å². The van der Waals surface area contributed by atoms with Gasteiger partial charge in [0.05, 0.1) is 11.7 Å². The van der Waals surface area contributed by atoms with E-state index in [4.69, 9.17) is 9.97 Å². The first-order valence-corrected chi connectivity index (χ1v) is 8.47. The molecule has 0 aliphatic carbocycles. The van der Waals surface area contributed by atoms with E-state index in [0.29, 0.717) is 11.6 Å². The zero-order valence-electron chi connectivity index (χ0n) is 14.6. The Morgan fingerprint density at radius 3 is 2.56 bits per heavy atom. The molecule has 1 atom stereocenters. The Hall–Kier alpha value is -2.89. The minimum absolute atomic E-state index is 0.184. The van der Waals surface area contributed by atoms with Crippen molar-refractivity contribution in [1.29, 1.82) is 0 Å². The van der Waals surface area contributed by atoms with Crippen LogP contribution in [0.25, 0.3) is 11.6 Å². The van der Waals surface area contributed by atoms with Crippen molar-refractivity contribution < 1.29 is 0 Å². The maximum absolute atomic E-state index is 4.75. The van der Waals surface area contributed by atoms with Crippen molar-refractivity contribution in [2.24, 2.45) is 0 Å². The van der Waals surface area contributed by atoms with Crippen molar-refractivity contribution in [1.82, 2.24) is 24.9 Å². The molecular weight excluding hydrogens is 312 g/mol. The van der Waals surface area contributed by atoms with E-state index in [-0.39, 0.29) is 6.04 Å². The quantitative estimate of drug-likeness (QED) is 0.718. The fourth-order valence-electron chi connectivity index (χ4n) is 3.18. The van der Waals surface area contributed by atoms with Gasteiger partial charge in [-0.05, 0) is 38.5 Å². The first-order valence-electron chi connectivity index (χ1n) is 8.47. The Labute approximate surface area is 147 Å². The van der Waals surface area contributed by atoms with Gasteiger partial charge in [0.15, 0.2) is 11.6 Å². The summed E-state index contributed by atoms with van der Waals surface area (Å²) in [6.45, 7) is 7.20. The van der Waals surface area contributed by atoms with Crippen molar-refractivity contribution in [3.63, 3.8) is 0 Å². The van der Waals surface area contributed by atoms with Gasteiger partial charge in [0.1, 0.15) is 5.82 Å². The van der Waals surface area contributed by atoms with Crippen molar-refractivity contribution in [2.75, 3.05) is 11.4 Å². The fraction of sp³-hybridized carbons (Fsp3) is 0.316. The molecule has 0 saturated heterocycles. The maximum atomic E-state index is 4.75. The molecule has 1 unspecified atom stereocenters. The third-order valence-corrected chi connectivity index (χ3v) is 4.80. The first-order chi connectivity index (χ1) is 12.1. The van der Waals surface area contributed by atoms with Crippen LogP contribution in [0.15, 0.2) is 36.8 Å². The minimum atomic E-state index is 0.184. The summed E-state index contributed by atoms with van der Waals surface area (Å²) in [6, 6.07) is 6.20. The standard InChI is InChI=1S/C19H20N6/c1-12-5-6-17(23-13(12)2)25-10-7-16-15(14(25)3)11-22-19(24-16)18-20-8-4-9-21-18/h4-6,8-9,11,14H,7,10H2,1-3H3. The lowest BCUT2D eigenvalue weighted by Crippen LogP contribution is -2.35. The van der Waals surface area contributed by atoms with Crippen LogP contribution >= 0.6 is 0 Å². The third kappa shape index (κ3) is 2.84. The average molecular weight is 332 g/mol. The van der Waals surface area contributed by atoms with E-state index < -0.39 is 0 Å². The number of aryl methyl sites for hydroxylation is 2. The van der Waals surface area contributed by atoms with Crippen LogP contribution in [0.3, 0.4) is 0 Å². The number of anilines is 1. The zero-order chi connectivity index (χ0) is 17.4. The number of fused-ring (bicyclic) bond motifs is 1. The highest BCUT2D eigenvalue weighted by Crippen LogP contribution is 2.32. The highest BCUT2D eigenvalue weighted by molar-refractivity contribution is 5.49. The fourth-order valence-corrected chi connectivity index (χ4v) is 3.18. The van der Waals surface area contributed by atoms with Gasteiger partial charge in [-0.15, -0.1) is 0 Å². The summed E-state index contributed by atoms with van der Waals surface area (Å²) in [5, 5.41) is 0. The lowest BCUT2D eigenvalue weighted by atomic mass is 9.99. The van der Waals surface area contributed by atoms with Crippen molar-refractivity contribution >= 4 is 5.82 Å². The molecule has 126 valence electrons. The largest absolute Gasteiger partial charge is 0.349 e. The first kappa shape index (κ1) is 15.6. The number of nitrogens with zero attached hydrogens (tertiary/aromatic N) is 6. The Morgan fingerprint density at radius 2 is 1.80 bits per heavy atom. The van der Waals surface area contributed by atoms with Gasteiger partial charge in [0, 0.05) is 42.8 Å². The number of hydrogen-bond donors (Lipinski definition) is 0. The van der Waals surface area contributed by atoms with Crippen LogP contribution in [-0.2, 0) is 6.42 Å². The topological polar surface area (TPSA) is 67.7 Å². The lowest BCUT2D eigenvalue weighted by molar-refractivity contribution is 0.601. The van der Waals surface area contributed by atoms with Gasteiger partial charge in [-0.1, -0.05) is 6.07 Å². The van der Waals surface area contributed by atoms with Crippen LogP contribution in [0.2, 0.25) is 0 Å². The molecule has 0 radical (unpaired) electrons. The Bertz CT molecular complexity index is 909. The lowest BCUT2D eigenvalue weighted by Gasteiger charge is -2.35. The van der Waals surface area contributed by atoms with Gasteiger partial charge < -0.3 is 4.90 Å². The van der Waals surface area contributed by atoms with Crippen LogP contribution in [0, 0.1) is 13.8 Å². The summed E-state index contributed by atoms with van der Waals surface area (Å²) in [4.78, 5) is 24.7. The van der Waals surface area contributed by atoms with E-state index >= 15 is 0 Å². The maximum Gasteiger partial charge on any atom is 0.197 e. The summed E-state index contributed by atoms with van der Waals surface area (Å²) in [5.41, 5.74) is 4.50. The number of rotatable bonds is 2. The molecule has 0 spiro atoms. The number of aromatic nitrogens is 5. The molecule has 3 aromatic rings. The molecule has 0 aromatic carbocycles. The van der Waals surface area contributed by atoms with Gasteiger partial charge in [-0.25, -0.2) is 24.9 Å². The zero-order valence-corrected chi connectivity index (χ0v) is 14.6. The normalized spacial score (nSPS) is 16.6. The van der Waals surface area contributed by atoms with Gasteiger partial charge in [-0.3, -0.25) is 0 Å². The second-order valence-electron chi connectivity index (χ2n) is 6.36. The number of pyridine rings is 1. The highest BCUT2D eigenvalue weighted by atomic mass is 15.2. The summed E-state index contributed by atoms with van der Waals surface area (Å²) in [7, 11) is 0. The van der Waals surface area contributed by atoms with Crippen LogP contribution < -0.4 is 4.90 Å². The van der Waals surface area contributed by atoms with E-state index in [1.165, 1.54) is 5.56 Å². The van der Waals surface area contributed by atoms with Crippen LogP contribution in [-0.4, -0.2) is 31.5 Å². The molecule has 1 aliphatic rings. The molecule has 0 bridgehead atoms. The van der Waals surface area contributed by atoms with Gasteiger partial charge in [0.25, 0.3) is 0 Å². The monoisotopic (exact) mass is 332 g/mol. The minimum Gasteiger partial charge on any atom is -0.349 e. The van der Waals surface area contributed by atoms with Gasteiger partial charge >= 0.3 is 0 Å². The molecule has 0 N–H and O–H groups in total. The predicted molar refractivity (Wildman–Crippen MR) is 96.2 cm³/mol. The van der Waals surface area contributed by atoms with E-state index in [2.05, 4.69) is 52.8 Å². The molecule has 4 rings (SSSR count). The SMILES string of the molecule is Cc1ccc(N2CCc3nc(-c4ncccn4)ncc3C2C)nc1C.